The smallest absolute Gasteiger partial charge is 0.495 e. The van der Waals surface area contributed by atoms with Crippen LogP contribution in [0.2, 0.25) is 0 Å². The summed E-state index contributed by atoms with van der Waals surface area (Å²) in [6, 6.07) is 1.94. The number of pyridine rings is 1. The fraction of sp³-hybridized carbons (Fsp3) is 0.710. The van der Waals surface area contributed by atoms with Crippen molar-refractivity contribution in [1.82, 2.24) is 4.98 Å². The molecule has 0 aliphatic rings. The molecule has 1 aromatic rings. The second kappa shape index (κ2) is 53.1. The van der Waals surface area contributed by atoms with Crippen molar-refractivity contribution in [3.8, 4) is 5.75 Å². The Bertz CT molecular complexity index is 520. The molecule has 0 spiro atoms. The summed E-state index contributed by atoms with van der Waals surface area (Å²) in [5, 5.41) is 0. The molecule has 1 unspecified atom stereocenters. The number of rotatable bonds is 9. The number of halogens is 2. The van der Waals surface area contributed by atoms with Crippen molar-refractivity contribution < 1.29 is 74.5 Å². The summed E-state index contributed by atoms with van der Waals surface area (Å²) in [6.45, 7) is 24.9. The third kappa shape index (κ3) is 65.1. The topological polar surface area (TPSA) is 56.3 Å². The van der Waals surface area contributed by atoms with Gasteiger partial charge in [0, 0.05) is 19.0 Å². The van der Waals surface area contributed by atoms with Gasteiger partial charge in [-0.15, -0.1) is 0 Å². The zero-order valence-electron chi connectivity index (χ0n) is 27.8. The summed E-state index contributed by atoms with van der Waals surface area (Å²) in [7, 11) is 1.64. The van der Waals surface area contributed by atoms with Crippen molar-refractivity contribution in [2.24, 2.45) is 5.92 Å². The molecule has 1 heterocycles. The maximum Gasteiger partial charge on any atom is 1.00 e. The van der Waals surface area contributed by atoms with Crippen LogP contribution in [0.5, 0.6) is 5.75 Å². The van der Waals surface area contributed by atoms with Crippen LogP contribution >= 0.6 is 0 Å². The second-order valence-corrected chi connectivity index (χ2v) is 7.33. The fourth-order valence-corrected chi connectivity index (χ4v) is 1.91. The number of aryl methyl sites for hydroxylation is 1. The first-order valence-electron chi connectivity index (χ1n) is 13.5. The third-order valence-electron chi connectivity index (χ3n) is 3.65. The van der Waals surface area contributed by atoms with Crippen molar-refractivity contribution in [3.05, 3.63) is 38.4 Å². The summed E-state index contributed by atoms with van der Waals surface area (Å²) < 4.78 is 31.0. The molecule has 226 valence electrons. The monoisotopic (exact) mass is 574 g/mol. The summed E-state index contributed by atoms with van der Waals surface area (Å²) >= 11 is 0. The van der Waals surface area contributed by atoms with Crippen LogP contribution in [0.1, 0.15) is 126 Å². The number of aromatic nitrogens is 1. The average Bonchev–Trinajstić information content (AvgIpc) is 2.87. The Balaban J connectivity index is -0.0000000512. The summed E-state index contributed by atoms with van der Waals surface area (Å²) in [5.74, 6) is -1.46. The Morgan fingerprint density at radius 3 is 1.76 bits per heavy atom. The summed E-state index contributed by atoms with van der Waals surface area (Å²) in [5.41, 5.74) is 1.12. The van der Waals surface area contributed by atoms with Crippen LogP contribution in [0.4, 0.5) is 8.78 Å². The van der Waals surface area contributed by atoms with E-state index in [9.17, 15) is 13.6 Å². The van der Waals surface area contributed by atoms with Gasteiger partial charge in [-0.25, -0.2) is 8.78 Å². The van der Waals surface area contributed by atoms with E-state index >= 15 is 0 Å². The zero-order chi connectivity index (χ0) is 29.8. The summed E-state index contributed by atoms with van der Waals surface area (Å²) in [6.07, 6.45) is 10.1. The maximum atomic E-state index is 13.0. The predicted molar refractivity (Wildman–Crippen MR) is 162 cm³/mol. The first kappa shape index (κ1) is 57.6. The molecule has 38 heavy (non-hydrogen) atoms. The van der Waals surface area contributed by atoms with E-state index in [0.717, 1.165) is 43.1 Å². The van der Waals surface area contributed by atoms with Gasteiger partial charge in [0.1, 0.15) is 18.3 Å². The molecule has 7 heteroatoms. The average molecular weight is 575 g/mol. The summed E-state index contributed by atoms with van der Waals surface area (Å²) in [4.78, 5) is 22.1. The van der Waals surface area contributed by atoms with Crippen molar-refractivity contribution in [3.63, 3.8) is 0 Å². The Labute approximate surface area is 280 Å². The van der Waals surface area contributed by atoms with E-state index in [-0.39, 0.29) is 77.6 Å². The molecule has 0 aliphatic heterocycles. The van der Waals surface area contributed by atoms with Crippen LogP contribution in [0, 0.1) is 27.2 Å². The van der Waals surface area contributed by atoms with Crippen molar-refractivity contribution in [2.75, 3.05) is 7.11 Å². The number of alkyl halides is 2. The fourth-order valence-electron chi connectivity index (χ4n) is 1.91. The first-order chi connectivity index (χ1) is 17.1. The normalized spacial score (nSPS) is 8.92. The quantitative estimate of drug-likeness (QED) is 0.173. The van der Waals surface area contributed by atoms with Gasteiger partial charge in [-0.3, -0.25) is 4.98 Å². The molecule has 0 aromatic carbocycles. The van der Waals surface area contributed by atoms with E-state index in [0.29, 0.717) is 12.8 Å². The number of methoxy groups -OCH3 is 1. The predicted octanol–water partition coefficient (Wildman–Crippen LogP) is 7.57. The van der Waals surface area contributed by atoms with Gasteiger partial charge in [0.15, 0.2) is 0 Å². The van der Waals surface area contributed by atoms with E-state index in [4.69, 9.17) is 9.53 Å². The molecule has 1 aromatic heterocycles. The standard InChI is InChI=1S/C10H20F2.C7H9NO.C4H7O.C3H8.C2H4O.2C2H6.CH3.K/c1-4-6-7-10(11,12)8-9(3)5-2;1-6-3-7(9-2)5-8-4-6;1-2-3-4-5;1-3-2;1-2-3;2*1-2;;/h9H,4-8H2,1-3H3;3-5H,1-2H3;4H,1-3H2;3H2,1-2H3;2H,1H3;2*1-2H3;1H3;/q;;-1;;;;;-1;+1. The molecule has 0 bridgehead atoms. The van der Waals surface area contributed by atoms with Gasteiger partial charge in [-0.1, -0.05) is 81.6 Å². The van der Waals surface area contributed by atoms with Crippen LogP contribution in [-0.2, 0) is 9.59 Å². The molecule has 0 radical (unpaired) electrons. The van der Waals surface area contributed by atoms with E-state index in [1.54, 1.807) is 19.5 Å². The minimum absolute atomic E-state index is 0. The van der Waals surface area contributed by atoms with Gasteiger partial charge in [-0.05, 0) is 44.2 Å². The SMILES string of the molecule is CC.CC.CC=O.CCC.CCCCC(F)(F)CC(C)CC.COc1cncc(C)c1.[CH2-]CCC=O.[CH3-].[K+]. The number of nitrogens with zero attached hydrogens (tertiary/aromatic N) is 1. The number of carbonyl (C=O) groups excluding carboxylic acids is 2. The maximum absolute atomic E-state index is 13.0. The van der Waals surface area contributed by atoms with Crippen molar-refractivity contribution in [2.45, 2.75) is 133 Å². The number of unbranched alkanes of at least 4 members (excludes halogenated alkanes) is 2. The molecule has 0 amide bonds. The molecule has 4 nitrogen and oxygen atoms in total. The van der Waals surface area contributed by atoms with Gasteiger partial charge in [-0.2, -0.15) is 6.42 Å². The number of ether oxygens (including phenoxy) is 1. The van der Waals surface area contributed by atoms with Gasteiger partial charge in [0.2, 0.25) is 5.92 Å². The van der Waals surface area contributed by atoms with E-state index in [1.807, 2.05) is 61.5 Å². The molecular formula is C31H63F2KNO3-. The number of hydrogen-bond donors (Lipinski definition) is 0. The molecular weight excluding hydrogens is 511 g/mol. The van der Waals surface area contributed by atoms with Crippen molar-refractivity contribution >= 4 is 12.6 Å². The second-order valence-electron chi connectivity index (χ2n) is 7.33. The molecule has 0 fully saturated rings. The van der Waals surface area contributed by atoms with Gasteiger partial charge >= 0.3 is 51.4 Å². The molecule has 0 N–H and O–H groups in total. The molecule has 0 saturated carbocycles. The number of carbonyl (C=O) groups is 2. The number of aldehydes is 2. The van der Waals surface area contributed by atoms with Gasteiger partial charge in [0.25, 0.3) is 0 Å². The Kier molecular flexibility index (Phi) is 80.5. The Morgan fingerprint density at radius 2 is 1.53 bits per heavy atom. The first-order valence-corrected chi connectivity index (χ1v) is 13.5. The largest absolute Gasteiger partial charge is 1.00 e. The Morgan fingerprint density at radius 1 is 1.08 bits per heavy atom. The van der Waals surface area contributed by atoms with Crippen molar-refractivity contribution in [1.29, 1.82) is 0 Å². The molecule has 0 saturated heterocycles. The van der Waals surface area contributed by atoms with E-state index in [2.05, 4.69) is 25.8 Å². The van der Waals surface area contributed by atoms with Crippen LogP contribution in [0.25, 0.3) is 0 Å². The zero-order valence-corrected chi connectivity index (χ0v) is 30.9. The number of hydrogen-bond acceptors (Lipinski definition) is 4. The minimum Gasteiger partial charge on any atom is -0.495 e. The van der Waals surface area contributed by atoms with E-state index in [1.165, 1.54) is 13.3 Å². The molecule has 1 rings (SSSR count). The minimum atomic E-state index is -2.43. The Hall–Kier alpha value is -0.214. The van der Waals surface area contributed by atoms with Gasteiger partial charge in [0.05, 0.1) is 13.3 Å². The van der Waals surface area contributed by atoms with Crippen LogP contribution in [-0.4, -0.2) is 30.6 Å². The van der Waals surface area contributed by atoms with Crippen LogP contribution in [0.15, 0.2) is 18.5 Å². The molecule has 1 atom stereocenters. The van der Waals surface area contributed by atoms with E-state index < -0.39 is 5.92 Å². The van der Waals surface area contributed by atoms with Crippen LogP contribution < -0.4 is 56.1 Å². The van der Waals surface area contributed by atoms with Gasteiger partial charge < -0.3 is 28.7 Å². The van der Waals surface area contributed by atoms with Crippen LogP contribution in [0.3, 0.4) is 0 Å². The molecule has 0 aliphatic carbocycles. The third-order valence-corrected chi connectivity index (χ3v) is 3.65.